The minimum Gasteiger partial charge on any atom is -0.310 e. The van der Waals surface area contributed by atoms with Crippen LogP contribution in [0.1, 0.15) is 45.1 Å². The zero-order valence-electron chi connectivity index (χ0n) is 11.0. The molecule has 1 N–H and O–H groups in total. The molecule has 1 saturated carbocycles. The summed E-state index contributed by atoms with van der Waals surface area (Å²) in [5.74, 6) is 1.00. The van der Waals surface area contributed by atoms with E-state index < -0.39 is 0 Å². The molecule has 0 aliphatic heterocycles. The van der Waals surface area contributed by atoms with Gasteiger partial charge >= 0.3 is 0 Å². The summed E-state index contributed by atoms with van der Waals surface area (Å²) < 4.78 is 0. The highest BCUT2D eigenvalue weighted by Crippen LogP contribution is 2.25. The molecule has 17 heavy (non-hydrogen) atoms. The molecule has 0 radical (unpaired) electrons. The number of hydrogen-bond acceptors (Lipinski definition) is 2. The Labute approximate surface area is 104 Å². The number of aromatic nitrogens is 1. The number of pyridine rings is 1. The lowest BCUT2D eigenvalue weighted by molar-refractivity contribution is -0.119. The minimum absolute atomic E-state index is 0.130. The third-order valence-corrected chi connectivity index (χ3v) is 2.89. The number of anilines is 1. The average Bonchev–Trinajstić information content (AvgIpc) is 2.85. The Hall–Kier alpha value is -1.38. The smallest absolute Gasteiger partial charge is 0.228 e. The molecule has 3 nitrogen and oxygen atoms in total. The molecule has 1 amide bonds. The van der Waals surface area contributed by atoms with E-state index >= 15 is 0 Å². The second-order valence-electron chi connectivity index (χ2n) is 4.19. The molecule has 1 aromatic heterocycles. The van der Waals surface area contributed by atoms with Crippen LogP contribution < -0.4 is 5.32 Å². The normalized spacial score (nSPS) is 15.0. The van der Waals surface area contributed by atoms with Crippen LogP contribution in [0.3, 0.4) is 0 Å². The summed E-state index contributed by atoms with van der Waals surface area (Å²) in [5, 5.41) is 2.87. The third kappa shape index (κ3) is 4.17. The monoisotopic (exact) mass is 234 g/mol. The quantitative estimate of drug-likeness (QED) is 0.850. The number of amides is 1. The first-order valence-corrected chi connectivity index (χ1v) is 6.49. The van der Waals surface area contributed by atoms with Gasteiger partial charge in [-0.25, -0.2) is 4.98 Å². The van der Waals surface area contributed by atoms with E-state index in [1.807, 2.05) is 32.9 Å². The van der Waals surface area contributed by atoms with E-state index in [9.17, 15) is 4.79 Å². The van der Waals surface area contributed by atoms with Crippen LogP contribution in [0.15, 0.2) is 18.3 Å². The molecule has 1 fully saturated rings. The fourth-order valence-electron chi connectivity index (χ4n) is 2.02. The van der Waals surface area contributed by atoms with Crippen LogP contribution in [0.4, 0.5) is 5.82 Å². The fraction of sp³-hybridized carbons (Fsp3) is 0.571. The maximum atomic E-state index is 11.8. The van der Waals surface area contributed by atoms with Crippen LogP contribution in [0.2, 0.25) is 0 Å². The van der Waals surface area contributed by atoms with Crippen molar-refractivity contribution in [3.8, 4) is 0 Å². The van der Waals surface area contributed by atoms with E-state index in [1.165, 1.54) is 12.8 Å². The number of nitrogens with one attached hydrogen (secondary N) is 1. The number of hydrogen-bond donors (Lipinski definition) is 1. The molecule has 0 saturated heterocycles. The third-order valence-electron chi connectivity index (χ3n) is 2.89. The van der Waals surface area contributed by atoms with E-state index in [4.69, 9.17) is 0 Å². The first-order valence-electron chi connectivity index (χ1n) is 6.49. The van der Waals surface area contributed by atoms with Crippen LogP contribution in [-0.4, -0.2) is 10.9 Å². The summed E-state index contributed by atoms with van der Waals surface area (Å²) in [6.07, 6.45) is 6.13. The van der Waals surface area contributed by atoms with E-state index in [2.05, 4.69) is 10.3 Å². The van der Waals surface area contributed by atoms with Crippen molar-refractivity contribution in [2.45, 2.75) is 46.5 Å². The predicted octanol–water partition coefficient (Wildman–Crippen LogP) is 3.54. The Bertz CT molecular complexity index is 357. The molecule has 2 rings (SSSR count). The van der Waals surface area contributed by atoms with Gasteiger partial charge in [0.05, 0.1) is 0 Å². The molecule has 1 aliphatic carbocycles. The minimum atomic E-state index is 0.130. The lowest BCUT2D eigenvalue weighted by Crippen LogP contribution is -2.20. The van der Waals surface area contributed by atoms with E-state index in [0.717, 1.165) is 18.4 Å². The summed E-state index contributed by atoms with van der Waals surface area (Å²) in [6.45, 7) is 5.99. The van der Waals surface area contributed by atoms with Crippen molar-refractivity contribution in [3.05, 3.63) is 23.9 Å². The van der Waals surface area contributed by atoms with Crippen molar-refractivity contribution in [2.75, 3.05) is 5.32 Å². The van der Waals surface area contributed by atoms with Gasteiger partial charge in [0, 0.05) is 12.1 Å². The standard InChI is InChI=1S/C12H16N2O.C2H6/c1-9-6-7-13-11(8-9)14-12(15)10-4-2-3-5-10;1-2/h6-8,10H,2-5H2,1H3,(H,13,14,15);1-2H3. The van der Waals surface area contributed by atoms with E-state index in [1.54, 1.807) is 6.20 Å². The van der Waals surface area contributed by atoms with Gasteiger partial charge in [-0.2, -0.15) is 0 Å². The number of carbonyl (C=O) groups is 1. The van der Waals surface area contributed by atoms with Gasteiger partial charge in [0.15, 0.2) is 0 Å². The Morgan fingerprint density at radius 2 is 2.00 bits per heavy atom. The van der Waals surface area contributed by atoms with Crippen LogP contribution in [0, 0.1) is 12.8 Å². The summed E-state index contributed by atoms with van der Waals surface area (Å²) in [5.41, 5.74) is 1.12. The fourth-order valence-corrected chi connectivity index (χ4v) is 2.02. The van der Waals surface area contributed by atoms with E-state index in [-0.39, 0.29) is 11.8 Å². The maximum Gasteiger partial charge on any atom is 0.228 e. The molecule has 0 unspecified atom stereocenters. The molecule has 0 atom stereocenters. The van der Waals surface area contributed by atoms with Gasteiger partial charge in [0.2, 0.25) is 5.91 Å². The molecule has 0 aromatic carbocycles. The van der Waals surface area contributed by atoms with Gasteiger partial charge < -0.3 is 5.32 Å². The Kier molecular flexibility index (Phi) is 5.67. The first kappa shape index (κ1) is 13.7. The number of nitrogens with zero attached hydrogens (tertiary/aromatic N) is 1. The molecular weight excluding hydrogens is 212 g/mol. The van der Waals surface area contributed by atoms with Gasteiger partial charge in [0.25, 0.3) is 0 Å². The Balaban J connectivity index is 0.000000686. The van der Waals surface area contributed by atoms with Crippen molar-refractivity contribution in [1.82, 2.24) is 4.98 Å². The Morgan fingerprint density at radius 1 is 1.35 bits per heavy atom. The molecule has 0 spiro atoms. The molecule has 1 aromatic rings. The second kappa shape index (κ2) is 7.05. The van der Waals surface area contributed by atoms with Crippen molar-refractivity contribution >= 4 is 11.7 Å². The highest BCUT2D eigenvalue weighted by molar-refractivity contribution is 5.91. The van der Waals surface area contributed by atoms with Crippen LogP contribution in [0.5, 0.6) is 0 Å². The predicted molar refractivity (Wildman–Crippen MR) is 70.9 cm³/mol. The number of rotatable bonds is 2. The van der Waals surface area contributed by atoms with Crippen molar-refractivity contribution < 1.29 is 4.79 Å². The summed E-state index contributed by atoms with van der Waals surface area (Å²) in [7, 11) is 0. The summed E-state index contributed by atoms with van der Waals surface area (Å²) >= 11 is 0. The molecule has 94 valence electrons. The van der Waals surface area contributed by atoms with Crippen LogP contribution in [0.25, 0.3) is 0 Å². The average molecular weight is 234 g/mol. The largest absolute Gasteiger partial charge is 0.310 e. The lowest BCUT2D eigenvalue weighted by Gasteiger charge is -2.09. The summed E-state index contributed by atoms with van der Waals surface area (Å²) in [4.78, 5) is 15.9. The Morgan fingerprint density at radius 3 is 2.59 bits per heavy atom. The number of aryl methyl sites for hydroxylation is 1. The van der Waals surface area contributed by atoms with Gasteiger partial charge in [-0.1, -0.05) is 26.7 Å². The first-order chi connectivity index (χ1) is 8.25. The molecular formula is C14H22N2O. The zero-order valence-corrected chi connectivity index (χ0v) is 11.0. The topological polar surface area (TPSA) is 42.0 Å². The lowest BCUT2D eigenvalue weighted by atomic mass is 10.1. The van der Waals surface area contributed by atoms with Crippen LogP contribution in [-0.2, 0) is 4.79 Å². The van der Waals surface area contributed by atoms with Gasteiger partial charge in [-0.15, -0.1) is 0 Å². The van der Waals surface area contributed by atoms with Crippen molar-refractivity contribution in [3.63, 3.8) is 0 Å². The zero-order chi connectivity index (χ0) is 12.7. The van der Waals surface area contributed by atoms with Gasteiger partial charge in [0.1, 0.15) is 5.82 Å². The van der Waals surface area contributed by atoms with Crippen LogP contribution >= 0.6 is 0 Å². The maximum absolute atomic E-state index is 11.8. The molecule has 1 aliphatic rings. The second-order valence-corrected chi connectivity index (χ2v) is 4.19. The van der Waals surface area contributed by atoms with Crippen molar-refractivity contribution in [2.24, 2.45) is 5.92 Å². The molecule has 0 bridgehead atoms. The number of carbonyl (C=O) groups excluding carboxylic acids is 1. The van der Waals surface area contributed by atoms with Gasteiger partial charge in [-0.3, -0.25) is 4.79 Å². The van der Waals surface area contributed by atoms with Crippen molar-refractivity contribution in [1.29, 1.82) is 0 Å². The van der Waals surface area contributed by atoms with E-state index in [0.29, 0.717) is 5.82 Å². The summed E-state index contributed by atoms with van der Waals surface area (Å²) in [6, 6.07) is 3.82. The molecule has 3 heteroatoms. The highest BCUT2D eigenvalue weighted by Gasteiger charge is 2.22. The highest BCUT2D eigenvalue weighted by atomic mass is 16.1. The SMILES string of the molecule is CC.Cc1ccnc(NC(=O)C2CCCC2)c1. The molecule has 1 heterocycles. The van der Waals surface area contributed by atoms with Gasteiger partial charge in [-0.05, 0) is 37.5 Å².